The molecule has 1 unspecified atom stereocenters. The van der Waals surface area contributed by atoms with Crippen molar-refractivity contribution < 1.29 is 19.1 Å². The number of methoxy groups -OCH3 is 2. The van der Waals surface area contributed by atoms with E-state index < -0.39 is 0 Å². The predicted octanol–water partition coefficient (Wildman–Crippen LogP) is 5.27. The van der Waals surface area contributed by atoms with Crippen molar-refractivity contribution in [1.82, 2.24) is 10.3 Å². The third kappa shape index (κ3) is 5.99. The number of carbonyl (C=O) groups excluding carboxylic acids is 2. The molecular formula is C27H33N3O4S. The average molecular weight is 496 g/mol. The predicted molar refractivity (Wildman–Crippen MR) is 140 cm³/mol. The smallest absolute Gasteiger partial charge is 0.302 e. The lowest BCUT2D eigenvalue weighted by Gasteiger charge is -2.28. The molecular weight excluding hydrogens is 462 g/mol. The number of nitrogens with zero attached hydrogens (tertiary/aromatic N) is 2. The summed E-state index contributed by atoms with van der Waals surface area (Å²) in [6, 6.07) is 13.7. The molecule has 0 radical (unpaired) electrons. The maximum Gasteiger partial charge on any atom is 0.302 e. The quantitative estimate of drug-likeness (QED) is 0.513. The van der Waals surface area contributed by atoms with Gasteiger partial charge in [0, 0.05) is 23.7 Å². The number of ether oxygens (including phenoxy) is 2. The molecule has 2 aliphatic rings. The van der Waals surface area contributed by atoms with Crippen molar-refractivity contribution in [1.29, 1.82) is 0 Å². The molecule has 2 amide bonds. The van der Waals surface area contributed by atoms with Gasteiger partial charge in [-0.15, -0.1) is 0 Å². The molecule has 35 heavy (non-hydrogen) atoms. The Kier molecular flexibility index (Phi) is 8.33. The Labute approximate surface area is 211 Å². The Morgan fingerprint density at radius 2 is 1.80 bits per heavy atom. The minimum atomic E-state index is -0.0476. The molecule has 1 saturated carbocycles. The van der Waals surface area contributed by atoms with Gasteiger partial charge in [0.2, 0.25) is 0 Å². The maximum absolute atomic E-state index is 12.8. The largest absolute Gasteiger partial charge is 0.493 e. The number of hydrogen-bond acceptors (Lipinski definition) is 6. The van der Waals surface area contributed by atoms with Crippen molar-refractivity contribution in [2.24, 2.45) is 5.10 Å². The van der Waals surface area contributed by atoms with Gasteiger partial charge in [-0.1, -0.05) is 43.7 Å². The highest BCUT2D eigenvalue weighted by atomic mass is 32.2. The molecule has 0 aromatic heterocycles. The lowest BCUT2D eigenvalue weighted by molar-refractivity contribution is 0.0938. The molecule has 0 bridgehead atoms. The van der Waals surface area contributed by atoms with E-state index in [1.165, 1.54) is 24.6 Å². The number of benzene rings is 2. The number of carbonyl (C=O) groups is 2. The molecule has 2 aromatic carbocycles. The van der Waals surface area contributed by atoms with Gasteiger partial charge in [-0.05, 0) is 61.6 Å². The molecule has 7 nitrogen and oxygen atoms in total. The van der Waals surface area contributed by atoms with Gasteiger partial charge in [-0.3, -0.25) is 9.59 Å². The topological polar surface area (TPSA) is 80.2 Å². The van der Waals surface area contributed by atoms with Crippen LogP contribution in [0.25, 0.3) is 0 Å². The zero-order valence-electron chi connectivity index (χ0n) is 20.6. The Morgan fingerprint density at radius 3 is 2.46 bits per heavy atom. The third-order valence-corrected chi connectivity index (χ3v) is 7.81. The van der Waals surface area contributed by atoms with Gasteiger partial charge >= 0.3 is 5.24 Å². The second kappa shape index (κ2) is 11.6. The van der Waals surface area contributed by atoms with Crippen LogP contribution in [0.15, 0.2) is 47.6 Å². The summed E-state index contributed by atoms with van der Waals surface area (Å²) in [5.41, 5.74) is 3.50. The van der Waals surface area contributed by atoms with Crippen LogP contribution in [0.4, 0.5) is 4.79 Å². The molecule has 8 heteroatoms. The van der Waals surface area contributed by atoms with Crippen molar-refractivity contribution >= 4 is 28.6 Å². The number of thioether (sulfide) groups is 1. The van der Waals surface area contributed by atoms with E-state index in [0.717, 1.165) is 36.1 Å². The molecule has 1 atom stereocenters. The first kappa shape index (κ1) is 25.1. The molecule has 1 N–H and O–H groups in total. The normalized spacial score (nSPS) is 18.4. The molecule has 0 spiro atoms. The summed E-state index contributed by atoms with van der Waals surface area (Å²) in [7, 11) is 3.21. The number of hydrogen-bond donors (Lipinski definition) is 1. The first-order valence-corrected chi connectivity index (χ1v) is 13.1. The van der Waals surface area contributed by atoms with Crippen LogP contribution in [-0.4, -0.2) is 53.9 Å². The van der Waals surface area contributed by atoms with E-state index in [1.807, 2.05) is 42.5 Å². The lowest BCUT2D eigenvalue weighted by Crippen LogP contribution is -2.36. The number of hydrazone groups is 1. The summed E-state index contributed by atoms with van der Waals surface area (Å²) in [6.45, 7) is 2.52. The van der Waals surface area contributed by atoms with E-state index in [1.54, 1.807) is 19.2 Å². The highest BCUT2D eigenvalue weighted by Gasteiger charge is 2.30. The van der Waals surface area contributed by atoms with Gasteiger partial charge in [-0.2, -0.15) is 5.10 Å². The van der Waals surface area contributed by atoms with E-state index in [-0.39, 0.29) is 16.4 Å². The maximum atomic E-state index is 12.8. The van der Waals surface area contributed by atoms with Gasteiger partial charge in [0.25, 0.3) is 5.91 Å². The molecule has 0 saturated heterocycles. The molecule has 1 aliphatic heterocycles. The van der Waals surface area contributed by atoms with Crippen molar-refractivity contribution in [3.63, 3.8) is 0 Å². The van der Waals surface area contributed by atoms with Crippen LogP contribution in [0.5, 0.6) is 11.5 Å². The van der Waals surface area contributed by atoms with Crippen LogP contribution >= 0.6 is 11.8 Å². The highest BCUT2D eigenvalue weighted by Crippen LogP contribution is 2.33. The Hall–Kier alpha value is -3.00. The summed E-state index contributed by atoms with van der Waals surface area (Å²) in [5.74, 6) is 1.27. The van der Waals surface area contributed by atoms with Crippen molar-refractivity contribution in [2.45, 2.75) is 56.7 Å². The molecule has 1 aliphatic carbocycles. The number of rotatable bonds is 9. The summed E-state index contributed by atoms with van der Waals surface area (Å²) >= 11 is 1.31. The van der Waals surface area contributed by atoms with Crippen molar-refractivity contribution in [2.75, 3.05) is 20.8 Å². The van der Waals surface area contributed by atoms with Gasteiger partial charge in [0.1, 0.15) is 0 Å². The van der Waals surface area contributed by atoms with Gasteiger partial charge in [-0.25, -0.2) is 5.01 Å². The second-order valence-corrected chi connectivity index (χ2v) is 10.0. The van der Waals surface area contributed by atoms with E-state index in [9.17, 15) is 9.59 Å². The SMILES string of the molecule is CCC1SC(=O)N(CCc2ccc(C(=O)NC3CCCC3)cc2)N=C1c1ccc(OC)c(OC)c1. The van der Waals surface area contributed by atoms with Crippen LogP contribution in [0.1, 0.15) is 60.5 Å². The van der Waals surface area contributed by atoms with E-state index in [0.29, 0.717) is 36.1 Å². The van der Waals surface area contributed by atoms with Crippen LogP contribution < -0.4 is 14.8 Å². The van der Waals surface area contributed by atoms with Crippen LogP contribution in [0, 0.1) is 0 Å². The highest BCUT2D eigenvalue weighted by molar-refractivity contribution is 8.14. The van der Waals surface area contributed by atoms with Gasteiger partial charge in [0.15, 0.2) is 11.5 Å². The van der Waals surface area contributed by atoms with Crippen molar-refractivity contribution in [3.05, 3.63) is 59.2 Å². The fraction of sp³-hybridized carbons (Fsp3) is 0.444. The summed E-state index contributed by atoms with van der Waals surface area (Å²) < 4.78 is 10.8. The molecule has 1 fully saturated rings. The van der Waals surface area contributed by atoms with E-state index in [4.69, 9.17) is 14.6 Å². The third-order valence-electron chi connectivity index (χ3n) is 6.56. The first-order chi connectivity index (χ1) is 17.0. The number of amides is 2. The average Bonchev–Trinajstić information content (AvgIpc) is 3.40. The van der Waals surface area contributed by atoms with Crippen LogP contribution in [0.2, 0.25) is 0 Å². The van der Waals surface area contributed by atoms with Gasteiger partial charge < -0.3 is 14.8 Å². The summed E-state index contributed by atoms with van der Waals surface area (Å²) in [6.07, 6.45) is 5.95. The standard InChI is InChI=1S/C27H33N3O4S/c1-4-24-25(20-13-14-22(33-2)23(17-20)34-3)29-30(27(32)35-24)16-15-18-9-11-19(12-10-18)26(31)28-21-7-5-6-8-21/h9-14,17,21,24H,4-8,15-16H2,1-3H3,(H,28,31). The molecule has 4 rings (SSSR count). The monoisotopic (exact) mass is 495 g/mol. The number of nitrogens with one attached hydrogen (secondary N) is 1. The molecule has 2 aromatic rings. The van der Waals surface area contributed by atoms with Crippen molar-refractivity contribution in [3.8, 4) is 11.5 Å². The van der Waals surface area contributed by atoms with E-state index >= 15 is 0 Å². The Balaban J connectivity index is 1.44. The van der Waals surface area contributed by atoms with Gasteiger partial charge in [0.05, 0.1) is 25.2 Å². The lowest BCUT2D eigenvalue weighted by atomic mass is 10.0. The first-order valence-electron chi connectivity index (χ1n) is 12.2. The Bertz CT molecular complexity index is 1080. The zero-order valence-corrected chi connectivity index (χ0v) is 21.4. The van der Waals surface area contributed by atoms with Crippen LogP contribution in [-0.2, 0) is 6.42 Å². The minimum absolute atomic E-state index is 0.0131. The second-order valence-electron chi connectivity index (χ2n) is 8.86. The summed E-state index contributed by atoms with van der Waals surface area (Å²) in [4.78, 5) is 25.3. The molecule has 1 heterocycles. The minimum Gasteiger partial charge on any atom is -0.493 e. The van der Waals surface area contributed by atoms with E-state index in [2.05, 4.69) is 12.2 Å². The fourth-order valence-electron chi connectivity index (χ4n) is 4.53. The summed E-state index contributed by atoms with van der Waals surface area (Å²) in [5, 5.41) is 9.35. The zero-order chi connectivity index (χ0) is 24.8. The molecule has 186 valence electrons. The fourth-order valence-corrected chi connectivity index (χ4v) is 5.49. The van der Waals surface area contributed by atoms with Crippen LogP contribution in [0.3, 0.4) is 0 Å². The Morgan fingerprint density at radius 1 is 1.09 bits per heavy atom.